The van der Waals surface area contributed by atoms with E-state index in [9.17, 15) is 19.5 Å². The molecule has 0 aliphatic carbocycles. The lowest BCUT2D eigenvalue weighted by atomic mass is 9.79. The lowest BCUT2D eigenvalue weighted by molar-refractivity contribution is 0.439. The Labute approximate surface area is 139 Å². The smallest absolute Gasteiger partial charge is 0.333 e. The molecule has 130 valence electrons. The molecule has 1 aromatic heterocycles. The summed E-state index contributed by atoms with van der Waals surface area (Å²) in [5, 5.41) is 10.6. The van der Waals surface area contributed by atoms with Gasteiger partial charge in [0, 0.05) is 5.56 Å². The molecule has 7 nitrogen and oxygen atoms in total. The molecule has 0 spiro atoms. The van der Waals surface area contributed by atoms with Gasteiger partial charge in [-0.3, -0.25) is 9.97 Å². The average molecular weight is 333 g/mol. The zero-order valence-corrected chi connectivity index (χ0v) is 14.8. The highest BCUT2D eigenvalue weighted by Gasteiger charge is 2.25. The highest BCUT2D eigenvalue weighted by atomic mass is 16.3. The Morgan fingerprint density at radius 1 is 0.917 bits per heavy atom. The third-order valence-electron chi connectivity index (χ3n) is 4.43. The van der Waals surface area contributed by atoms with Gasteiger partial charge in [0.15, 0.2) is 0 Å². The molecule has 0 amide bonds. The maximum Gasteiger partial charge on any atom is 0.333 e. The Morgan fingerprint density at radius 2 is 1.42 bits per heavy atom. The topological polar surface area (TPSA) is 108 Å². The normalized spacial score (nSPS) is 11.8. The predicted molar refractivity (Wildman–Crippen MR) is 92.1 cm³/mol. The SMILES string of the molecule is Cc1c(C)c(C(C)(C)C)c(O)c(C)c1Cn1c(=O)[nH]c(=O)[nH]c1=O. The van der Waals surface area contributed by atoms with Gasteiger partial charge in [-0.2, -0.15) is 0 Å². The van der Waals surface area contributed by atoms with Crippen LogP contribution in [0, 0.1) is 20.8 Å². The van der Waals surface area contributed by atoms with Crippen molar-refractivity contribution in [2.24, 2.45) is 0 Å². The summed E-state index contributed by atoms with van der Waals surface area (Å²) in [6.07, 6.45) is 0. The summed E-state index contributed by atoms with van der Waals surface area (Å²) in [5.74, 6) is 0.175. The number of rotatable bonds is 2. The van der Waals surface area contributed by atoms with Crippen LogP contribution in [-0.4, -0.2) is 19.6 Å². The highest BCUT2D eigenvalue weighted by Crippen LogP contribution is 2.39. The van der Waals surface area contributed by atoms with Crippen molar-refractivity contribution < 1.29 is 5.11 Å². The minimum atomic E-state index is -0.836. The Kier molecular flexibility index (Phi) is 4.31. The van der Waals surface area contributed by atoms with E-state index < -0.39 is 17.1 Å². The van der Waals surface area contributed by atoms with E-state index in [4.69, 9.17) is 0 Å². The van der Waals surface area contributed by atoms with Crippen LogP contribution in [-0.2, 0) is 12.0 Å². The number of phenols is 1. The molecule has 2 aromatic rings. The standard InChI is InChI=1S/C17H23N3O4/c1-8-9(2)12(17(4,5)6)13(21)10(3)11(8)7-20-15(23)18-14(22)19-16(20)24/h21H,7H2,1-6H3,(H2,18,19,22,23,24). The van der Waals surface area contributed by atoms with Crippen molar-refractivity contribution in [3.05, 3.63) is 59.3 Å². The molecule has 24 heavy (non-hydrogen) atoms. The Hall–Kier alpha value is -2.57. The van der Waals surface area contributed by atoms with Crippen molar-refractivity contribution in [1.82, 2.24) is 14.5 Å². The number of hydrogen-bond acceptors (Lipinski definition) is 4. The van der Waals surface area contributed by atoms with E-state index in [1.54, 1.807) is 6.92 Å². The van der Waals surface area contributed by atoms with Crippen LogP contribution in [0.4, 0.5) is 0 Å². The minimum absolute atomic E-state index is 0.0264. The molecule has 1 aromatic carbocycles. The minimum Gasteiger partial charge on any atom is -0.507 e. The fraction of sp³-hybridized carbons (Fsp3) is 0.471. The van der Waals surface area contributed by atoms with Gasteiger partial charge in [0.1, 0.15) is 5.75 Å². The second kappa shape index (κ2) is 5.81. The van der Waals surface area contributed by atoms with Crippen LogP contribution in [0.2, 0.25) is 0 Å². The van der Waals surface area contributed by atoms with Crippen LogP contribution in [0.1, 0.15) is 48.6 Å². The summed E-state index contributed by atoms with van der Waals surface area (Å²) in [7, 11) is 0. The first-order chi connectivity index (χ1) is 10.9. The number of aromatic amines is 2. The van der Waals surface area contributed by atoms with Crippen molar-refractivity contribution in [3.8, 4) is 5.75 Å². The number of benzene rings is 1. The molecule has 0 unspecified atom stereocenters. The molecule has 7 heteroatoms. The van der Waals surface area contributed by atoms with E-state index in [2.05, 4.69) is 0 Å². The number of H-pyrrole nitrogens is 2. The van der Waals surface area contributed by atoms with Crippen LogP contribution >= 0.6 is 0 Å². The fourth-order valence-corrected chi connectivity index (χ4v) is 3.11. The van der Waals surface area contributed by atoms with E-state index in [-0.39, 0.29) is 17.7 Å². The van der Waals surface area contributed by atoms with Gasteiger partial charge >= 0.3 is 17.1 Å². The molecule has 0 aliphatic heterocycles. The largest absolute Gasteiger partial charge is 0.507 e. The maximum atomic E-state index is 11.9. The monoisotopic (exact) mass is 333 g/mol. The van der Waals surface area contributed by atoms with Crippen LogP contribution in [0.3, 0.4) is 0 Å². The number of aromatic nitrogens is 3. The molecule has 0 radical (unpaired) electrons. The van der Waals surface area contributed by atoms with Crippen LogP contribution < -0.4 is 17.1 Å². The summed E-state index contributed by atoms with van der Waals surface area (Å²) in [6.45, 7) is 11.6. The number of aromatic hydroxyl groups is 1. The second-order valence-electron chi connectivity index (χ2n) is 7.10. The quantitative estimate of drug-likeness (QED) is 0.767. The maximum absolute atomic E-state index is 11.9. The van der Waals surface area contributed by atoms with Crippen LogP contribution in [0.15, 0.2) is 14.4 Å². The van der Waals surface area contributed by atoms with Gasteiger partial charge in [0.25, 0.3) is 0 Å². The molecule has 0 fully saturated rings. The lowest BCUT2D eigenvalue weighted by Gasteiger charge is -2.27. The predicted octanol–water partition coefficient (Wildman–Crippen LogP) is 1.20. The summed E-state index contributed by atoms with van der Waals surface area (Å²) in [4.78, 5) is 39.0. The summed E-state index contributed by atoms with van der Waals surface area (Å²) in [5.41, 5.74) is 1.37. The third kappa shape index (κ3) is 2.93. The molecule has 0 aliphatic rings. The van der Waals surface area contributed by atoms with Crippen molar-refractivity contribution in [1.29, 1.82) is 0 Å². The van der Waals surface area contributed by atoms with Crippen LogP contribution in [0.25, 0.3) is 0 Å². The Balaban J connectivity index is 2.73. The average Bonchev–Trinajstić information content (AvgIpc) is 2.42. The summed E-state index contributed by atoms with van der Waals surface area (Å²) in [6, 6.07) is 0. The fourth-order valence-electron chi connectivity index (χ4n) is 3.11. The van der Waals surface area contributed by atoms with Crippen molar-refractivity contribution >= 4 is 0 Å². The van der Waals surface area contributed by atoms with E-state index >= 15 is 0 Å². The van der Waals surface area contributed by atoms with Gasteiger partial charge in [-0.25, -0.2) is 19.0 Å². The molecular formula is C17H23N3O4. The molecule has 0 atom stereocenters. The van der Waals surface area contributed by atoms with E-state index in [1.165, 1.54) is 0 Å². The van der Waals surface area contributed by atoms with E-state index in [0.717, 1.165) is 21.3 Å². The molecule has 0 bridgehead atoms. The molecule has 3 N–H and O–H groups in total. The lowest BCUT2D eigenvalue weighted by Crippen LogP contribution is -2.43. The third-order valence-corrected chi connectivity index (χ3v) is 4.43. The van der Waals surface area contributed by atoms with Crippen molar-refractivity contribution in [2.45, 2.75) is 53.5 Å². The van der Waals surface area contributed by atoms with Crippen molar-refractivity contribution in [2.75, 3.05) is 0 Å². The van der Waals surface area contributed by atoms with Gasteiger partial charge in [-0.05, 0) is 48.4 Å². The first-order valence-electron chi connectivity index (χ1n) is 7.70. The molecule has 0 saturated heterocycles. The van der Waals surface area contributed by atoms with Gasteiger partial charge < -0.3 is 5.11 Å². The van der Waals surface area contributed by atoms with Gasteiger partial charge in [0.2, 0.25) is 0 Å². The number of phenolic OH excluding ortho intramolecular Hbond substituents is 1. The zero-order valence-electron chi connectivity index (χ0n) is 14.8. The first kappa shape index (κ1) is 17.8. The van der Waals surface area contributed by atoms with Gasteiger partial charge in [0.05, 0.1) is 6.54 Å². The summed E-state index contributed by atoms with van der Waals surface area (Å²) < 4.78 is 0.909. The highest BCUT2D eigenvalue weighted by molar-refractivity contribution is 5.56. The Morgan fingerprint density at radius 3 is 1.88 bits per heavy atom. The summed E-state index contributed by atoms with van der Waals surface area (Å²) >= 11 is 0. The second-order valence-corrected chi connectivity index (χ2v) is 7.10. The molecule has 2 rings (SSSR count). The van der Waals surface area contributed by atoms with Gasteiger partial charge in [-0.1, -0.05) is 20.8 Å². The molecule has 1 heterocycles. The van der Waals surface area contributed by atoms with E-state index in [0.29, 0.717) is 11.1 Å². The van der Waals surface area contributed by atoms with E-state index in [1.807, 2.05) is 44.6 Å². The van der Waals surface area contributed by atoms with Crippen LogP contribution in [0.5, 0.6) is 5.75 Å². The molecule has 0 saturated carbocycles. The number of hydrogen-bond donors (Lipinski definition) is 3. The number of nitrogens with one attached hydrogen (secondary N) is 2. The number of nitrogens with zero attached hydrogens (tertiary/aromatic N) is 1. The van der Waals surface area contributed by atoms with Gasteiger partial charge in [-0.15, -0.1) is 0 Å². The Bertz CT molecular complexity index is 908. The first-order valence-corrected chi connectivity index (χ1v) is 7.70. The zero-order chi connectivity index (χ0) is 18.4. The molecular weight excluding hydrogens is 310 g/mol. The van der Waals surface area contributed by atoms with Crippen molar-refractivity contribution in [3.63, 3.8) is 0 Å².